The number of carbonyl (C=O) groups excluding carboxylic acids is 3. The Balaban J connectivity index is 1.79. The number of methoxy groups -OCH3 is 1. The van der Waals surface area contributed by atoms with Crippen LogP contribution in [0.5, 0.6) is 11.5 Å². The highest BCUT2D eigenvalue weighted by Crippen LogP contribution is 2.29. The number of benzene rings is 2. The molecule has 37 heavy (non-hydrogen) atoms. The molecule has 1 aromatic heterocycles. The van der Waals surface area contributed by atoms with E-state index in [1.165, 1.54) is 26.3 Å². The Morgan fingerprint density at radius 3 is 2.14 bits per heavy atom. The zero-order chi connectivity index (χ0) is 26.6. The fourth-order valence-electron chi connectivity index (χ4n) is 3.60. The molecule has 2 aromatic carbocycles. The molecule has 1 amide bonds. The number of rotatable bonds is 12. The molecule has 9 heteroatoms. The van der Waals surface area contributed by atoms with Gasteiger partial charge in [-0.3, -0.25) is 9.59 Å². The van der Waals surface area contributed by atoms with Crippen molar-refractivity contribution >= 4 is 17.8 Å². The molecule has 0 aliphatic rings. The molecule has 0 fully saturated rings. The maximum atomic E-state index is 13.3. The van der Waals surface area contributed by atoms with Crippen molar-refractivity contribution in [2.75, 3.05) is 13.9 Å². The van der Waals surface area contributed by atoms with Crippen molar-refractivity contribution in [1.82, 2.24) is 10.3 Å². The minimum atomic E-state index is -0.998. The molecule has 9 nitrogen and oxygen atoms in total. The van der Waals surface area contributed by atoms with Gasteiger partial charge < -0.3 is 24.3 Å². The Labute approximate surface area is 215 Å². The lowest BCUT2D eigenvalue weighted by Gasteiger charge is -2.21. The van der Waals surface area contributed by atoms with Crippen LogP contribution in [0.1, 0.15) is 35.5 Å². The van der Waals surface area contributed by atoms with Crippen LogP contribution >= 0.6 is 0 Å². The number of hydrogen-bond acceptors (Lipinski definition) is 8. The Hall–Kier alpha value is -4.40. The number of ether oxygens (including phenoxy) is 4. The van der Waals surface area contributed by atoms with Crippen molar-refractivity contribution in [2.45, 2.75) is 38.8 Å². The number of esters is 2. The Morgan fingerprint density at radius 1 is 0.919 bits per heavy atom. The summed E-state index contributed by atoms with van der Waals surface area (Å²) in [5, 5.41) is 2.72. The topological polar surface area (TPSA) is 113 Å². The number of nitrogens with one attached hydrogen (secondary N) is 1. The van der Waals surface area contributed by atoms with Crippen LogP contribution in [-0.2, 0) is 31.9 Å². The zero-order valence-corrected chi connectivity index (χ0v) is 21.0. The van der Waals surface area contributed by atoms with Crippen molar-refractivity contribution in [3.63, 3.8) is 0 Å². The first-order chi connectivity index (χ1) is 17.9. The van der Waals surface area contributed by atoms with Crippen LogP contribution in [0.15, 0.2) is 72.9 Å². The lowest BCUT2D eigenvalue weighted by atomic mass is 10.1. The predicted molar refractivity (Wildman–Crippen MR) is 135 cm³/mol. The van der Waals surface area contributed by atoms with Gasteiger partial charge in [-0.25, -0.2) is 9.78 Å². The summed E-state index contributed by atoms with van der Waals surface area (Å²) in [6.45, 7) is 2.59. The van der Waals surface area contributed by atoms with E-state index in [0.29, 0.717) is 6.42 Å². The molecule has 1 unspecified atom stereocenters. The molecule has 0 spiro atoms. The molecule has 0 aliphatic carbocycles. The first kappa shape index (κ1) is 27.2. The van der Waals surface area contributed by atoms with Crippen LogP contribution in [0.3, 0.4) is 0 Å². The zero-order valence-electron chi connectivity index (χ0n) is 21.0. The van der Waals surface area contributed by atoms with E-state index >= 15 is 0 Å². The highest BCUT2D eigenvalue weighted by Gasteiger charge is 2.28. The summed E-state index contributed by atoms with van der Waals surface area (Å²) in [6.07, 6.45) is 1.70. The Bertz CT molecular complexity index is 1190. The molecule has 194 valence electrons. The summed E-state index contributed by atoms with van der Waals surface area (Å²) < 4.78 is 21.3. The van der Waals surface area contributed by atoms with Gasteiger partial charge in [-0.15, -0.1) is 0 Å². The van der Waals surface area contributed by atoms with Gasteiger partial charge in [0.05, 0.1) is 7.11 Å². The van der Waals surface area contributed by atoms with Crippen LogP contribution in [0.4, 0.5) is 0 Å². The van der Waals surface area contributed by atoms with Crippen molar-refractivity contribution in [2.24, 2.45) is 0 Å². The third-order valence-electron chi connectivity index (χ3n) is 5.32. The normalized spacial score (nSPS) is 12.1. The van der Waals surface area contributed by atoms with Crippen LogP contribution in [-0.4, -0.2) is 48.9 Å². The molecule has 0 bridgehead atoms. The van der Waals surface area contributed by atoms with Gasteiger partial charge in [0, 0.05) is 32.0 Å². The molecule has 3 rings (SSSR count). The molecule has 0 saturated carbocycles. The van der Waals surface area contributed by atoms with Crippen LogP contribution < -0.4 is 14.8 Å². The smallest absolute Gasteiger partial charge is 0.329 e. The lowest BCUT2D eigenvalue weighted by Crippen LogP contribution is -2.44. The largest absolute Gasteiger partial charge is 0.493 e. The minimum absolute atomic E-state index is 0.0203. The van der Waals surface area contributed by atoms with Crippen molar-refractivity contribution < 1.29 is 33.3 Å². The Morgan fingerprint density at radius 2 is 1.54 bits per heavy atom. The number of hydrogen-bond donors (Lipinski definition) is 1. The molecule has 0 radical (unpaired) electrons. The first-order valence-electron chi connectivity index (χ1n) is 11.8. The number of nitrogens with zero attached hydrogens (tertiary/aromatic N) is 1. The molecule has 1 N–H and O–H groups in total. The number of carbonyl (C=O) groups is 3. The van der Waals surface area contributed by atoms with E-state index in [9.17, 15) is 14.4 Å². The molecule has 1 heterocycles. The van der Waals surface area contributed by atoms with Gasteiger partial charge in [0.2, 0.25) is 6.79 Å². The summed E-state index contributed by atoms with van der Waals surface area (Å²) in [4.78, 5) is 41.7. The van der Waals surface area contributed by atoms with E-state index < -0.39 is 36.8 Å². The number of amides is 1. The van der Waals surface area contributed by atoms with Crippen molar-refractivity contribution in [3.05, 3.63) is 89.7 Å². The van der Waals surface area contributed by atoms with E-state index in [-0.39, 0.29) is 23.6 Å². The summed E-state index contributed by atoms with van der Waals surface area (Å²) in [7, 11) is 1.40. The van der Waals surface area contributed by atoms with Crippen LogP contribution in [0.25, 0.3) is 0 Å². The van der Waals surface area contributed by atoms with Gasteiger partial charge in [-0.05, 0) is 18.1 Å². The minimum Gasteiger partial charge on any atom is -0.493 e. The molecule has 0 saturated heterocycles. The van der Waals surface area contributed by atoms with E-state index in [4.69, 9.17) is 18.9 Å². The predicted octanol–water partition coefficient (Wildman–Crippen LogP) is 3.51. The maximum Gasteiger partial charge on any atom is 0.329 e. The summed E-state index contributed by atoms with van der Waals surface area (Å²) in [5.41, 5.74) is 1.74. The highest BCUT2D eigenvalue weighted by atomic mass is 16.7. The molecule has 3 aromatic rings. The van der Waals surface area contributed by atoms with Gasteiger partial charge in [0.1, 0.15) is 12.1 Å². The number of aromatic nitrogens is 1. The van der Waals surface area contributed by atoms with Crippen LogP contribution in [0, 0.1) is 0 Å². The second-order valence-electron chi connectivity index (χ2n) is 8.24. The first-order valence-corrected chi connectivity index (χ1v) is 11.8. The van der Waals surface area contributed by atoms with E-state index in [1.807, 2.05) is 60.7 Å². The molecule has 0 aliphatic heterocycles. The van der Waals surface area contributed by atoms with Gasteiger partial charge >= 0.3 is 11.9 Å². The molecular formula is C28H30N2O7. The fraction of sp³-hybridized carbons (Fsp3) is 0.286. The SMILES string of the molecule is COc1ccnc(C(=O)N[C@@H](Cc2ccccc2)C(=O)OC(C)Cc2ccccc2)c1OCOC(C)=O. The fourth-order valence-corrected chi connectivity index (χ4v) is 3.60. The van der Waals surface area contributed by atoms with Gasteiger partial charge in [0.15, 0.2) is 17.2 Å². The van der Waals surface area contributed by atoms with E-state index in [2.05, 4.69) is 10.3 Å². The average molecular weight is 507 g/mol. The third kappa shape index (κ3) is 8.34. The van der Waals surface area contributed by atoms with E-state index in [1.54, 1.807) is 6.92 Å². The van der Waals surface area contributed by atoms with Gasteiger partial charge in [0.25, 0.3) is 5.91 Å². The average Bonchev–Trinajstić information content (AvgIpc) is 2.89. The summed E-state index contributed by atoms with van der Waals surface area (Å²) in [6, 6.07) is 19.5. The van der Waals surface area contributed by atoms with E-state index in [0.717, 1.165) is 11.1 Å². The van der Waals surface area contributed by atoms with Gasteiger partial charge in [-0.1, -0.05) is 60.7 Å². The second kappa shape index (κ2) is 13.6. The quantitative estimate of drug-likeness (QED) is 0.293. The monoisotopic (exact) mass is 506 g/mol. The third-order valence-corrected chi connectivity index (χ3v) is 5.32. The standard InChI is InChI=1S/C28H30N2O7/c1-19(16-21-10-6-4-7-11-21)37-28(33)23(17-22-12-8-5-9-13-22)30-27(32)25-26(36-18-35-20(2)31)24(34-3)14-15-29-25/h4-15,19,23H,16-18H2,1-3H3,(H,30,32)/t19?,23-/m0/s1. The second-order valence-corrected chi connectivity index (χ2v) is 8.24. The Kier molecular flexibility index (Phi) is 10.0. The van der Waals surface area contributed by atoms with Crippen molar-refractivity contribution in [3.8, 4) is 11.5 Å². The van der Waals surface area contributed by atoms with Gasteiger partial charge in [-0.2, -0.15) is 0 Å². The molecular weight excluding hydrogens is 476 g/mol. The van der Waals surface area contributed by atoms with Crippen molar-refractivity contribution in [1.29, 1.82) is 0 Å². The highest BCUT2D eigenvalue weighted by molar-refractivity contribution is 5.98. The maximum absolute atomic E-state index is 13.3. The lowest BCUT2D eigenvalue weighted by molar-refractivity contribution is -0.150. The summed E-state index contributed by atoms with van der Waals surface area (Å²) >= 11 is 0. The molecule has 2 atom stereocenters. The number of pyridine rings is 1. The van der Waals surface area contributed by atoms with Crippen LogP contribution in [0.2, 0.25) is 0 Å². The summed E-state index contributed by atoms with van der Waals surface area (Å²) in [5.74, 6) is -1.61.